The first-order valence-corrected chi connectivity index (χ1v) is 6.84. The number of hydrogen-bond acceptors (Lipinski definition) is 2. The number of aromatic amines is 1. The lowest BCUT2D eigenvalue weighted by atomic mass is 10.1. The van der Waals surface area contributed by atoms with Crippen molar-refractivity contribution in [2.24, 2.45) is 0 Å². The van der Waals surface area contributed by atoms with Crippen LogP contribution in [0.1, 0.15) is 18.5 Å². The van der Waals surface area contributed by atoms with Crippen molar-refractivity contribution < 1.29 is 4.39 Å². The molecule has 0 saturated heterocycles. The van der Waals surface area contributed by atoms with Crippen LogP contribution in [0.3, 0.4) is 0 Å². The van der Waals surface area contributed by atoms with Gasteiger partial charge in [0.1, 0.15) is 5.82 Å². The van der Waals surface area contributed by atoms with Gasteiger partial charge in [0.15, 0.2) is 0 Å². The first kappa shape index (κ1) is 13.4. The van der Waals surface area contributed by atoms with Gasteiger partial charge in [0.05, 0.1) is 5.69 Å². The third-order valence-corrected chi connectivity index (χ3v) is 3.41. The highest BCUT2D eigenvalue weighted by Crippen LogP contribution is 2.24. The van der Waals surface area contributed by atoms with E-state index in [1.807, 2.05) is 43.3 Å². The van der Waals surface area contributed by atoms with Crippen molar-refractivity contribution >= 4 is 5.69 Å². The Labute approximate surface area is 122 Å². The molecule has 1 aromatic heterocycles. The van der Waals surface area contributed by atoms with Crippen molar-refractivity contribution in [1.29, 1.82) is 0 Å². The predicted molar refractivity (Wildman–Crippen MR) is 82.5 cm³/mol. The molecule has 3 nitrogen and oxygen atoms in total. The Bertz CT molecular complexity index is 722. The first-order valence-electron chi connectivity index (χ1n) is 6.84. The fraction of sp³-hybridized carbons (Fsp3) is 0.118. The number of H-pyrrole nitrogens is 1. The SMILES string of the molecule is CC(Nc1cccc(-c2ccn[nH]2)c1)c1cccc(F)c1. The van der Waals surface area contributed by atoms with Gasteiger partial charge < -0.3 is 5.32 Å². The summed E-state index contributed by atoms with van der Waals surface area (Å²) < 4.78 is 13.3. The van der Waals surface area contributed by atoms with E-state index in [1.165, 1.54) is 6.07 Å². The highest BCUT2D eigenvalue weighted by atomic mass is 19.1. The van der Waals surface area contributed by atoms with Gasteiger partial charge in [-0.05, 0) is 42.8 Å². The van der Waals surface area contributed by atoms with Crippen LogP contribution < -0.4 is 5.32 Å². The molecule has 0 spiro atoms. The first-order chi connectivity index (χ1) is 10.2. The fourth-order valence-corrected chi connectivity index (χ4v) is 2.30. The minimum absolute atomic E-state index is 0.0257. The molecule has 0 bridgehead atoms. The van der Waals surface area contributed by atoms with Gasteiger partial charge in [0.25, 0.3) is 0 Å². The summed E-state index contributed by atoms with van der Waals surface area (Å²) in [7, 11) is 0. The molecule has 0 saturated carbocycles. The Morgan fingerprint density at radius 1 is 1.10 bits per heavy atom. The zero-order chi connectivity index (χ0) is 14.7. The second-order valence-corrected chi connectivity index (χ2v) is 4.97. The van der Waals surface area contributed by atoms with Gasteiger partial charge in [0.2, 0.25) is 0 Å². The Kier molecular flexibility index (Phi) is 3.69. The largest absolute Gasteiger partial charge is 0.379 e. The summed E-state index contributed by atoms with van der Waals surface area (Å²) in [5.74, 6) is -0.215. The third kappa shape index (κ3) is 3.11. The second-order valence-electron chi connectivity index (χ2n) is 4.97. The van der Waals surface area contributed by atoms with Crippen LogP contribution in [0, 0.1) is 5.82 Å². The lowest BCUT2D eigenvalue weighted by Gasteiger charge is -2.16. The van der Waals surface area contributed by atoms with E-state index in [0.29, 0.717) is 0 Å². The molecule has 0 radical (unpaired) electrons. The van der Waals surface area contributed by atoms with Crippen LogP contribution in [0.5, 0.6) is 0 Å². The molecule has 106 valence electrons. The van der Waals surface area contributed by atoms with E-state index in [2.05, 4.69) is 15.5 Å². The van der Waals surface area contributed by atoms with Gasteiger partial charge in [-0.25, -0.2) is 4.39 Å². The standard InChI is InChI=1S/C17H16FN3/c1-12(13-4-2-6-15(18)10-13)20-16-7-3-5-14(11-16)17-8-9-19-21-17/h2-12,20H,1H3,(H,19,21). The van der Waals surface area contributed by atoms with Gasteiger partial charge in [-0.15, -0.1) is 0 Å². The Balaban J connectivity index is 1.80. The minimum atomic E-state index is -0.215. The van der Waals surface area contributed by atoms with Crippen LogP contribution in [-0.4, -0.2) is 10.2 Å². The number of benzene rings is 2. The topological polar surface area (TPSA) is 40.7 Å². The van der Waals surface area contributed by atoms with Crippen LogP contribution in [0.25, 0.3) is 11.3 Å². The van der Waals surface area contributed by atoms with Gasteiger partial charge >= 0.3 is 0 Å². The molecule has 1 unspecified atom stereocenters. The highest BCUT2D eigenvalue weighted by Gasteiger charge is 2.07. The predicted octanol–water partition coefficient (Wildman–Crippen LogP) is 4.39. The maximum atomic E-state index is 13.3. The van der Waals surface area contributed by atoms with E-state index in [1.54, 1.807) is 18.3 Å². The smallest absolute Gasteiger partial charge is 0.123 e. The maximum Gasteiger partial charge on any atom is 0.123 e. The average Bonchev–Trinajstić information content (AvgIpc) is 3.02. The van der Waals surface area contributed by atoms with Crippen molar-refractivity contribution in [3.8, 4) is 11.3 Å². The lowest BCUT2D eigenvalue weighted by Crippen LogP contribution is -2.06. The summed E-state index contributed by atoms with van der Waals surface area (Å²) in [6.07, 6.45) is 1.73. The number of nitrogens with zero attached hydrogens (tertiary/aromatic N) is 1. The van der Waals surface area contributed by atoms with Gasteiger partial charge in [0, 0.05) is 23.5 Å². The number of rotatable bonds is 4. The summed E-state index contributed by atoms with van der Waals surface area (Å²) in [4.78, 5) is 0. The van der Waals surface area contributed by atoms with Gasteiger partial charge in [-0.3, -0.25) is 5.10 Å². The zero-order valence-corrected chi connectivity index (χ0v) is 11.7. The highest BCUT2D eigenvalue weighted by molar-refractivity contribution is 5.64. The number of halogens is 1. The normalized spacial score (nSPS) is 12.1. The van der Waals surface area contributed by atoms with E-state index in [4.69, 9.17) is 0 Å². The molecule has 3 rings (SSSR count). The number of hydrogen-bond donors (Lipinski definition) is 2. The summed E-state index contributed by atoms with van der Waals surface area (Å²) >= 11 is 0. The molecule has 1 heterocycles. The van der Waals surface area contributed by atoms with Crippen LogP contribution in [0.4, 0.5) is 10.1 Å². The molecule has 2 N–H and O–H groups in total. The molecule has 0 aliphatic carbocycles. The van der Waals surface area contributed by atoms with E-state index in [9.17, 15) is 4.39 Å². The molecular weight excluding hydrogens is 265 g/mol. The number of aromatic nitrogens is 2. The Morgan fingerprint density at radius 3 is 2.71 bits per heavy atom. The Hall–Kier alpha value is -2.62. The van der Waals surface area contributed by atoms with Crippen LogP contribution in [-0.2, 0) is 0 Å². The van der Waals surface area contributed by atoms with Gasteiger partial charge in [-0.1, -0.05) is 24.3 Å². The van der Waals surface area contributed by atoms with E-state index < -0.39 is 0 Å². The molecule has 4 heteroatoms. The average molecular weight is 281 g/mol. The van der Waals surface area contributed by atoms with Crippen molar-refractivity contribution in [2.75, 3.05) is 5.32 Å². The van der Waals surface area contributed by atoms with Crippen molar-refractivity contribution in [3.63, 3.8) is 0 Å². The maximum absolute atomic E-state index is 13.3. The van der Waals surface area contributed by atoms with E-state index in [-0.39, 0.29) is 11.9 Å². The Morgan fingerprint density at radius 2 is 1.95 bits per heavy atom. The zero-order valence-electron chi connectivity index (χ0n) is 11.7. The quantitative estimate of drug-likeness (QED) is 0.744. The summed E-state index contributed by atoms with van der Waals surface area (Å²) in [5.41, 5.74) is 3.93. The second kappa shape index (κ2) is 5.79. The molecule has 3 aromatic rings. The third-order valence-electron chi connectivity index (χ3n) is 3.41. The number of nitrogens with one attached hydrogen (secondary N) is 2. The van der Waals surface area contributed by atoms with Gasteiger partial charge in [-0.2, -0.15) is 5.10 Å². The fourth-order valence-electron chi connectivity index (χ4n) is 2.30. The van der Waals surface area contributed by atoms with Crippen LogP contribution in [0.15, 0.2) is 60.8 Å². The molecule has 2 aromatic carbocycles. The van der Waals surface area contributed by atoms with Crippen LogP contribution >= 0.6 is 0 Å². The molecular formula is C17H16FN3. The van der Waals surface area contributed by atoms with Crippen LogP contribution in [0.2, 0.25) is 0 Å². The summed E-state index contributed by atoms with van der Waals surface area (Å²) in [5, 5.41) is 10.3. The van der Waals surface area contributed by atoms with Crippen molar-refractivity contribution in [3.05, 3.63) is 72.2 Å². The molecule has 0 fully saturated rings. The molecule has 0 amide bonds. The molecule has 0 aliphatic heterocycles. The minimum Gasteiger partial charge on any atom is -0.379 e. The number of anilines is 1. The van der Waals surface area contributed by atoms with E-state index in [0.717, 1.165) is 22.5 Å². The molecule has 21 heavy (non-hydrogen) atoms. The van der Waals surface area contributed by atoms with E-state index >= 15 is 0 Å². The lowest BCUT2D eigenvalue weighted by molar-refractivity contribution is 0.623. The van der Waals surface area contributed by atoms with Crippen molar-refractivity contribution in [2.45, 2.75) is 13.0 Å². The van der Waals surface area contributed by atoms with Crippen molar-refractivity contribution in [1.82, 2.24) is 10.2 Å². The summed E-state index contributed by atoms with van der Waals surface area (Å²) in [6, 6.07) is 16.6. The monoisotopic (exact) mass is 281 g/mol. The molecule has 1 atom stereocenters. The molecule has 0 aliphatic rings. The summed E-state index contributed by atoms with van der Waals surface area (Å²) in [6.45, 7) is 2.01.